The third kappa shape index (κ3) is 7.02. The van der Waals surface area contributed by atoms with Crippen molar-refractivity contribution in [2.75, 3.05) is 6.61 Å². The first-order valence-corrected chi connectivity index (χ1v) is 7.63. The molecule has 0 aliphatic carbocycles. The summed E-state index contributed by atoms with van der Waals surface area (Å²) in [4.78, 5) is 5.03. The summed E-state index contributed by atoms with van der Waals surface area (Å²) in [6.45, 7) is 10.6. The number of rotatable bonds is 9. The molecule has 0 spiro atoms. The largest absolute Gasteiger partial charge is 0.491 e. The normalized spacial score (nSPS) is 14.4. The van der Waals surface area contributed by atoms with Gasteiger partial charge in [-0.15, -0.1) is 0 Å². The van der Waals surface area contributed by atoms with Crippen molar-refractivity contribution in [2.45, 2.75) is 59.7 Å². The van der Waals surface area contributed by atoms with Crippen LogP contribution in [0.25, 0.3) is 0 Å². The first-order chi connectivity index (χ1) is 10.0. The number of ether oxygens (including phenoxy) is 2. The highest BCUT2D eigenvalue weighted by Crippen LogP contribution is 2.20. The van der Waals surface area contributed by atoms with Crippen molar-refractivity contribution in [3.05, 3.63) is 24.3 Å². The Morgan fingerprint density at radius 1 is 1.00 bits per heavy atom. The van der Waals surface area contributed by atoms with Crippen LogP contribution in [-0.2, 0) is 4.84 Å². The van der Waals surface area contributed by atoms with Crippen LogP contribution in [0.2, 0.25) is 0 Å². The van der Waals surface area contributed by atoms with Gasteiger partial charge >= 0.3 is 0 Å². The van der Waals surface area contributed by atoms with E-state index in [1.807, 2.05) is 45.0 Å². The molecule has 118 valence electrons. The minimum Gasteiger partial charge on any atom is -0.491 e. The van der Waals surface area contributed by atoms with Crippen molar-refractivity contribution in [1.29, 1.82) is 0 Å². The zero-order valence-electron chi connectivity index (χ0n) is 13.8. The molecule has 0 aliphatic rings. The lowest BCUT2D eigenvalue weighted by Gasteiger charge is -2.16. The molecule has 0 heterocycles. The third-order valence-electron chi connectivity index (χ3n) is 3.01. The van der Waals surface area contributed by atoms with Crippen LogP contribution in [0.4, 0.5) is 0 Å². The van der Waals surface area contributed by atoms with Crippen molar-refractivity contribution in [1.82, 2.24) is 0 Å². The molecule has 0 bridgehead atoms. The molecule has 0 saturated heterocycles. The summed E-state index contributed by atoms with van der Waals surface area (Å²) in [5, 5.41) is 4.00. The summed E-state index contributed by atoms with van der Waals surface area (Å²) < 4.78 is 11.6. The summed E-state index contributed by atoms with van der Waals surface area (Å²) in [5.74, 6) is 1.71. The SMILES string of the molecule is CCO/N=C(/C)CC(C)Oc1ccc(OC(C)CC)cc1. The number of oxime groups is 1. The molecule has 1 aromatic rings. The molecule has 0 aromatic heterocycles. The second-order valence-corrected chi connectivity index (χ2v) is 5.19. The Morgan fingerprint density at radius 3 is 2.00 bits per heavy atom. The highest BCUT2D eigenvalue weighted by molar-refractivity contribution is 5.81. The summed E-state index contributed by atoms with van der Waals surface area (Å²) in [6, 6.07) is 7.75. The van der Waals surface area contributed by atoms with E-state index < -0.39 is 0 Å². The van der Waals surface area contributed by atoms with E-state index in [-0.39, 0.29) is 12.2 Å². The van der Waals surface area contributed by atoms with Gasteiger partial charge < -0.3 is 14.3 Å². The lowest BCUT2D eigenvalue weighted by molar-refractivity contribution is 0.155. The second kappa shape index (κ2) is 9.27. The van der Waals surface area contributed by atoms with Gasteiger partial charge in [0.05, 0.1) is 11.8 Å². The van der Waals surface area contributed by atoms with Gasteiger partial charge in [0, 0.05) is 6.42 Å². The molecule has 1 aromatic carbocycles. The van der Waals surface area contributed by atoms with Crippen molar-refractivity contribution in [3.8, 4) is 11.5 Å². The summed E-state index contributed by atoms with van der Waals surface area (Å²) in [5.41, 5.74) is 0.932. The first-order valence-electron chi connectivity index (χ1n) is 7.63. The Labute approximate surface area is 128 Å². The van der Waals surface area contributed by atoms with E-state index in [1.165, 1.54) is 0 Å². The number of hydrogen-bond acceptors (Lipinski definition) is 4. The highest BCUT2D eigenvalue weighted by atomic mass is 16.6. The van der Waals surface area contributed by atoms with Crippen LogP contribution in [0.3, 0.4) is 0 Å². The maximum Gasteiger partial charge on any atom is 0.119 e. The average Bonchev–Trinajstić information content (AvgIpc) is 2.46. The van der Waals surface area contributed by atoms with E-state index in [0.717, 1.165) is 30.1 Å². The maximum atomic E-state index is 5.86. The molecular weight excluding hydrogens is 266 g/mol. The van der Waals surface area contributed by atoms with Gasteiger partial charge in [0.15, 0.2) is 0 Å². The van der Waals surface area contributed by atoms with Crippen LogP contribution in [0, 0.1) is 0 Å². The van der Waals surface area contributed by atoms with Gasteiger partial charge in [-0.25, -0.2) is 0 Å². The molecule has 2 atom stereocenters. The zero-order chi connectivity index (χ0) is 15.7. The van der Waals surface area contributed by atoms with Gasteiger partial charge in [0.25, 0.3) is 0 Å². The topological polar surface area (TPSA) is 40.0 Å². The minimum atomic E-state index is 0.0514. The molecule has 1 rings (SSSR count). The predicted octanol–water partition coefficient (Wildman–Crippen LogP) is 4.43. The maximum absolute atomic E-state index is 5.86. The molecular formula is C17H27NO3. The molecule has 4 nitrogen and oxygen atoms in total. The minimum absolute atomic E-state index is 0.0514. The highest BCUT2D eigenvalue weighted by Gasteiger charge is 2.07. The van der Waals surface area contributed by atoms with Crippen LogP contribution < -0.4 is 9.47 Å². The predicted molar refractivity (Wildman–Crippen MR) is 86.3 cm³/mol. The van der Waals surface area contributed by atoms with Crippen LogP contribution in [0.5, 0.6) is 11.5 Å². The lowest BCUT2D eigenvalue weighted by Crippen LogP contribution is -2.16. The van der Waals surface area contributed by atoms with Crippen molar-refractivity contribution < 1.29 is 14.3 Å². The van der Waals surface area contributed by atoms with Crippen LogP contribution >= 0.6 is 0 Å². The van der Waals surface area contributed by atoms with Gasteiger partial charge in [-0.2, -0.15) is 0 Å². The Balaban J connectivity index is 2.47. The fraction of sp³-hybridized carbons (Fsp3) is 0.588. The van der Waals surface area contributed by atoms with Gasteiger partial charge in [-0.05, 0) is 58.4 Å². The molecule has 0 N–H and O–H groups in total. The molecule has 0 fully saturated rings. The van der Waals surface area contributed by atoms with Crippen molar-refractivity contribution in [2.24, 2.45) is 5.16 Å². The Bertz CT molecular complexity index is 428. The van der Waals surface area contributed by atoms with E-state index in [2.05, 4.69) is 19.0 Å². The van der Waals surface area contributed by atoms with E-state index >= 15 is 0 Å². The van der Waals surface area contributed by atoms with Gasteiger partial charge in [-0.1, -0.05) is 12.1 Å². The Kier molecular flexibility index (Phi) is 7.65. The van der Waals surface area contributed by atoms with E-state index in [4.69, 9.17) is 14.3 Å². The number of hydrogen-bond donors (Lipinski definition) is 0. The van der Waals surface area contributed by atoms with Gasteiger partial charge in [0.1, 0.15) is 24.2 Å². The van der Waals surface area contributed by atoms with Gasteiger partial charge in [0.2, 0.25) is 0 Å². The van der Waals surface area contributed by atoms with Crippen LogP contribution in [-0.4, -0.2) is 24.5 Å². The molecule has 4 heteroatoms. The van der Waals surface area contributed by atoms with E-state index in [0.29, 0.717) is 6.61 Å². The third-order valence-corrected chi connectivity index (χ3v) is 3.01. The standard InChI is InChI=1S/C17H27NO3/c1-6-14(4)20-16-8-10-17(11-9-16)21-15(5)12-13(3)18-19-7-2/h8-11,14-15H,6-7,12H2,1-5H3/b18-13-. The zero-order valence-corrected chi connectivity index (χ0v) is 13.8. The Hall–Kier alpha value is -1.71. The fourth-order valence-electron chi connectivity index (χ4n) is 1.81. The average molecular weight is 293 g/mol. The van der Waals surface area contributed by atoms with Crippen molar-refractivity contribution >= 4 is 5.71 Å². The van der Waals surface area contributed by atoms with Crippen LogP contribution in [0.15, 0.2) is 29.4 Å². The molecule has 2 unspecified atom stereocenters. The Morgan fingerprint density at radius 2 is 1.52 bits per heavy atom. The van der Waals surface area contributed by atoms with Crippen molar-refractivity contribution in [3.63, 3.8) is 0 Å². The lowest BCUT2D eigenvalue weighted by atomic mass is 10.2. The number of benzene rings is 1. The van der Waals surface area contributed by atoms with Gasteiger partial charge in [-0.3, -0.25) is 0 Å². The summed E-state index contributed by atoms with van der Waals surface area (Å²) >= 11 is 0. The van der Waals surface area contributed by atoms with E-state index in [1.54, 1.807) is 0 Å². The molecule has 0 aliphatic heterocycles. The molecule has 0 saturated carbocycles. The first kappa shape index (κ1) is 17.3. The molecule has 0 amide bonds. The molecule has 0 radical (unpaired) electrons. The van der Waals surface area contributed by atoms with Crippen LogP contribution in [0.1, 0.15) is 47.5 Å². The van der Waals surface area contributed by atoms with E-state index in [9.17, 15) is 0 Å². The second-order valence-electron chi connectivity index (χ2n) is 5.19. The smallest absolute Gasteiger partial charge is 0.119 e. The monoisotopic (exact) mass is 293 g/mol. The summed E-state index contributed by atoms with van der Waals surface area (Å²) in [7, 11) is 0. The fourth-order valence-corrected chi connectivity index (χ4v) is 1.81. The number of nitrogens with zero attached hydrogens (tertiary/aromatic N) is 1. The molecule has 21 heavy (non-hydrogen) atoms. The quantitative estimate of drug-likeness (QED) is 0.499. The summed E-state index contributed by atoms with van der Waals surface area (Å²) in [6.07, 6.45) is 2.02.